The molecule has 0 fully saturated rings. The smallest absolute Gasteiger partial charge is 0.330 e. The van der Waals surface area contributed by atoms with Crippen LogP contribution in [0.1, 0.15) is 0 Å². The Balaban J connectivity index is 2.99. The first kappa shape index (κ1) is 6.03. The van der Waals surface area contributed by atoms with Crippen molar-refractivity contribution in [2.45, 2.75) is 0 Å². The number of aromatic nitrogens is 2. The molecule has 0 spiro atoms. The molecule has 0 unspecified atom stereocenters. The molecule has 0 amide bonds. The number of H-pyrrole nitrogens is 1. The van der Waals surface area contributed by atoms with Gasteiger partial charge in [0, 0.05) is 6.20 Å². The van der Waals surface area contributed by atoms with E-state index in [0.717, 1.165) is 5.52 Å². The Labute approximate surface area is 61.7 Å². The van der Waals surface area contributed by atoms with E-state index in [-0.39, 0.29) is 11.4 Å². The summed E-state index contributed by atoms with van der Waals surface area (Å²) in [4.78, 5) is 13.4. The Kier molecular flexibility index (Phi) is 1.03. The fourth-order valence-corrected chi connectivity index (χ4v) is 1.000. The van der Waals surface area contributed by atoms with Gasteiger partial charge in [0.1, 0.15) is 5.75 Å². The van der Waals surface area contributed by atoms with Crippen LogP contribution in [-0.2, 0) is 0 Å². The number of nitrogens with zero attached hydrogens (tertiary/aromatic N) is 1. The number of fused-ring (bicyclic) bond motifs is 1. The molecule has 0 saturated carbocycles. The molecule has 4 nitrogen and oxygen atoms in total. The van der Waals surface area contributed by atoms with Crippen LogP contribution >= 0.6 is 0 Å². The van der Waals surface area contributed by atoms with Crippen molar-refractivity contribution in [2.75, 3.05) is 0 Å². The van der Waals surface area contributed by atoms with Crippen molar-refractivity contribution in [3.05, 3.63) is 35.0 Å². The Hall–Kier alpha value is -1.71. The van der Waals surface area contributed by atoms with Gasteiger partial charge in [-0.05, 0) is 12.1 Å². The summed E-state index contributed by atoms with van der Waals surface area (Å²) in [5.74, 6) is 0.0826. The summed E-state index contributed by atoms with van der Waals surface area (Å²) in [5.41, 5.74) is 0.503. The maximum atomic E-state index is 10.9. The third kappa shape index (κ3) is 0.797. The lowest BCUT2D eigenvalue weighted by Gasteiger charge is -1.91. The van der Waals surface area contributed by atoms with E-state index < -0.39 is 0 Å². The van der Waals surface area contributed by atoms with Crippen LogP contribution in [0.5, 0.6) is 5.75 Å². The summed E-state index contributed by atoms with van der Waals surface area (Å²) in [5, 5.41) is 9.00. The first-order chi connectivity index (χ1) is 5.27. The highest BCUT2D eigenvalue weighted by molar-refractivity contribution is 5.46. The van der Waals surface area contributed by atoms with Crippen molar-refractivity contribution < 1.29 is 5.11 Å². The topological polar surface area (TPSA) is 57.5 Å². The van der Waals surface area contributed by atoms with Crippen molar-refractivity contribution >= 4 is 5.52 Å². The van der Waals surface area contributed by atoms with E-state index in [1.807, 2.05) is 0 Å². The second-order valence-corrected chi connectivity index (χ2v) is 2.28. The predicted octanol–water partition coefficient (Wildman–Crippen LogP) is 0.333. The van der Waals surface area contributed by atoms with E-state index in [0.29, 0.717) is 0 Å². The molecule has 2 heterocycles. The van der Waals surface area contributed by atoms with Crippen LogP contribution in [0.3, 0.4) is 0 Å². The average molecular weight is 150 g/mol. The molecule has 0 bridgehead atoms. The highest BCUT2D eigenvalue weighted by Gasteiger charge is 1.96. The highest BCUT2D eigenvalue weighted by atomic mass is 16.3. The van der Waals surface area contributed by atoms with Crippen LogP contribution in [0.4, 0.5) is 0 Å². The summed E-state index contributed by atoms with van der Waals surface area (Å²) >= 11 is 0. The number of pyridine rings is 1. The minimum Gasteiger partial charge on any atom is -0.506 e. The van der Waals surface area contributed by atoms with Crippen LogP contribution in [0.2, 0.25) is 0 Å². The van der Waals surface area contributed by atoms with Gasteiger partial charge in [-0.2, -0.15) is 0 Å². The summed E-state index contributed by atoms with van der Waals surface area (Å²) < 4.78 is 1.34. The van der Waals surface area contributed by atoms with E-state index in [1.165, 1.54) is 16.7 Å². The molecule has 0 aliphatic rings. The molecule has 4 heteroatoms. The van der Waals surface area contributed by atoms with Crippen molar-refractivity contribution in [2.24, 2.45) is 0 Å². The second kappa shape index (κ2) is 1.88. The monoisotopic (exact) mass is 150 g/mol. The lowest BCUT2D eigenvalue weighted by Crippen LogP contribution is -2.07. The van der Waals surface area contributed by atoms with Gasteiger partial charge in [-0.25, -0.2) is 4.79 Å². The molecule has 0 aliphatic heterocycles. The molecule has 0 aromatic carbocycles. The third-order valence-corrected chi connectivity index (χ3v) is 1.53. The molecular formula is C7H6N2O2. The zero-order chi connectivity index (χ0) is 7.84. The fourth-order valence-electron chi connectivity index (χ4n) is 1.000. The normalized spacial score (nSPS) is 10.5. The molecule has 2 rings (SSSR count). The number of imidazole rings is 1. The number of aromatic amines is 1. The third-order valence-electron chi connectivity index (χ3n) is 1.53. The van der Waals surface area contributed by atoms with E-state index >= 15 is 0 Å². The second-order valence-electron chi connectivity index (χ2n) is 2.28. The van der Waals surface area contributed by atoms with Crippen molar-refractivity contribution in [1.29, 1.82) is 0 Å². The van der Waals surface area contributed by atoms with Gasteiger partial charge in [0.25, 0.3) is 0 Å². The van der Waals surface area contributed by atoms with Crippen molar-refractivity contribution in [1.82, 2.24) is 9.38 Å². The quantitative estimate of drug-likeness (QED) is 0.568. The largest absolute Gasteiger partial charge is 0.506 e. The van der Waals surface area contributed by atoms with Crippen molar-refractivity contribution in [3.63, 3.8) is 0 Å². The van der Waals surface area contributed by atoms with E-state index in [9.17, 15) is 4.79 Å². The zero-order valence-electron chi connectivity index (χ0n) is 5.61. The van der Waals surface area contributed by atoms with Gasteiger partial charge in [-0.3, -0.25) is 4.40 Å². The van der Waals surface area contributed by atoms with Gasteiger partial charge in [0.05, 0.1) is 11.7 Å². The molecule has 0 radical (unpaired) electrons. The zero-order valence-corrected chi connectivity index (χ0v) is 5.61. The van der Waals surface area contributed by atoms with Gasteiger partial charge in [-0.15, -0.1) is 0 Å². The maximum absolute atomic E-state index is 10.9. The Morgan fingerprint density at radius 1 is 1.45 bits per heavy atom. The number of hydrogen-bond donors (Lipinski definition) is 2. The number of nitrogens with one attached hydrogen (secondary N) is 1. The van der Waals surface area contributed by atoms with E-state index in [1.54, 1.807) is 12.3 Å². The standard InChI is InChI=1S/C7H6N2O2/c10-6-2-1-5-3-8-7(11)9(5)4-6/h1-4,10H,(H,8,11). The molecule has 0 aliphatic carbocycles. The first-order valence-corrected chi connectivity index (χ1v) is 3.16. The molecule has 2 aromatic rings. The lowest BCUT2D eigenvalue weighted by molar-refractivity contribution is 0.471. The average Bonchev–Trinajstić information content (AvgIpc) is 2.33. The molecule has 2 N–H and O–H groups in total. The van der Waals surface area contributed by atoms with E-state index in [2.05, 4.69) is 4.98 Å². The minimum atomic E-state index is -0.240. The van der Waals surface area contributed by atoms with Gasteiger partial charge in [0.15, 0.2) is 0 Å². The fraction of sp³-hybridized carbons (Fsp3) is 0. The Morgan fingerprint density at radius 3 is 3.09 bits per heavy atom. The molecular weight excluding hydrogens is 144 g/mol. The van der Waals surface area contributed by atoms with Gasteiger partial charge >= 0.3 is 5.69 Å². The van der Waals surface area contributed by atoms with Crippen LogP contribution in [0.15, 0.2) is 29.3 Å². The summed E-state index contributed by atoms with van der Waals surface area (Å²) in [6.45, 7) is 0. The molecule has 0 saturated heterocycles. The molecule has 11 heavy (non-hydrogen) atoms. The Bertz CT molecular complexity index is 441. The Morgan fingerprint density at radius 2 is 2.27 bits per heavy atom. The number of hydrogen-bond acceptors (Lipinski definition) is 2. The summed E-state index contributed by atoms with van der Waals surface area (Å²) in [6, 6.07) is 3.19. The molecule has 0 atom stereocenters. The lowest BCUT2D eigenvalue weighted by atomic mass is 10.4. The number of rotatable bonds is 0. The molecule has 2 aromatic heterocycles. The van der Waals surface area contributed by atoms with Crippen LogP contribution in [-0.4, -0.2) is 14.5 Å². The summed E-state index contributed by atoms with van der Waals surface area (Å²) in [7, 11) is 0. The van der Waals surface area contributed by atoms with Gasteiger partial charge in [-0.1, -0.05) is 0 Å². The summed E-state index contributed by atoms with van der Waals surface area (Å²) in [6.07, 6.45) is 2.95. The van der Waals surface area contributed by atoms with Crippen molar-refractivity contribution in [3.8, 4) is 5.75 Å². The first-order valence-electron chi connectivity index (χ1n) is 3.16. The number of aromatic hydroxyl groups is 1. The van der Waals surface area contributed by atoms with Crippen LogP contribution < -0.4 is 5.69 Å². The van der Waals surface area contributed by atoms with Gasteiger partial charge in [0.2, 0.25) is 0 Å². The maximum Gasteiger partial charge on any atom is 0.330 e. The SMILES string of the molecule is O=c1[nH]cc2ccc(O)cn12. The molecule has 56 valence electrons. The van der Waals surface area contributed by atoms with E-state index in [4.69, 9.17) is 5.11 Å². The van der Waals surface area contributed by atoms with Crippen LogP contribution in [0.25, 0.3) is 5.52 Å². The van der Waals surface area contributed by atoms with Gasteiger partial charge < -0.3 is 10.1 Å². The minimum absolute atomic E-state index is 0.0826. The predicted molar refractivity (Wildman–Crippen MR) is 39.7 cm³/mol. The highest BCUT2D eigenvalue weighted by Crippen LogP contribution is 2.07. The van der Waals surface area contributed by atoms with Crippen LogP contribution in [0, 0.1) is 0 Å².